The van der Waals surface area contributed by atoms with E-state index in [1.165, 1.54) is 11.0 Å². The van der Waals surface area contributed by atoms with Gasteiger partial charge in [0.1, 0.15) is 5.41 Å². The van der Waals surface area contributed by atoms with E-state index in [1.807, 2.05) is 0 Å². The van der Waals surface area contributed by atoms with E-state index in [9.17, 15) is 9.59 Å². The quantitative estimate of drug-likeness (QED) is 0.452. The lowest BCUT2D eigenvalue weighted by Crippen LogP contribution is -2.33. The van der Waals surface area contributed by atoms with Gasteiger partial charge in [-0.2, -0.15) is 0 Å². The summed E-state index contributed by atoms with van der Waals surface area (Å²) in [6, 6.07) is 4.67. The minimum Gasteiger partial charge on any atom is -0.295 e. The first-order chi connectivity index (χ1) is 8.26. The molecule has 1 aliphatic rings. The van der Waals surface area contributed by atoms with Crippen molar-refractivity contribution in [1.82, 2.24) is 0 Å². The molecule has 3 nitrogen and oxygen atoms in total. The SMILES string of the molecule is CC1(C)C(=O)C(Cl)N(c2ccc(Cl)cc2Cl)C1=O. The molecule has 1 saturated heterocycles. The Morgan fingerprint density at radius 1 is 1.22 bits per heavy atom. The third kappa shape index (κ3) is 1.91. The van der Waals surface area contributed by atoms with Gasteiger partial charge in [-0.15, -0.1) is 0 Å². The first-order valence-electron chi connectivity index (χ1n) is 5.24. The summed E-state index contributed by atoms with van der Waals surface area (Å²) in [6.07, 6.45) is 0. The molecule has 1 fully saturated rings. The summed E-state index contributed by atoms with van der Waals surface area (Å²) in [4.78, 5) is 25.4. The minimum atomic E-state index is -1.13. The second kappa shape index (κ2) is 4.41. The molecule has 0 saturated carbocycles. The molecule has 1 amide bonds. The number of hydrogen-bond acceptors (Lipinski definition) is 2. The zero-order chi connectivity index (χ0) is 13.7. The molecule has 1 unspecified atom stereocenters. The fourth-order valence-corrected chi connectivity index (χ4v) is 2.80. The molecule has 0 radical (unpaired) electrons. The van der Waals surface area contributed by atoms with Crippen molar-refractivity contribution >= 4 is 52.2 Å². The minimum absolute atomic E-state index is 0.284. The van der Waals surface area contributed by atoms with Gasteiger partial charge in [0.15, 0.2) is 11.3 Å². The Morgan fingerprint density at radius 2 is 1.83 bits per heavy atom. The number of rotatable bonds is 1. The van der Waals surface area contributed by atoms with E-state index in [-0.39, 0.29) is 16.7 Å². The highest BCUT2D eigenvalue weighted by atomic mass is 35.5. The van der Waals surface area contributed by atoms with E-state index in [4.69, 9.17) is 34.8 Å². The fraction of sp³-hybridized carbons (Fsp3) is 0.333. The lowest BCUT2D eigenvalue weighted by Gasteiger charge is -2.21. The fourth-order valence-electron chi connectivity index (χ4n) is 1.83. The van der Waals surface area contributed by atoms with Crippen LogP contribution in [0.1, 0.15) is 13.8 Å². The molecule has 1 aliphatic heterocycles. The third-order valence-electron chi connectivity index (χ3n) is 2.98. The van der Waals surface area contributed by atoms with E-state index in [1.54, 1.807) is 26.0 Å². The monoisotopic (exact) mass is 305 g/mol. The summed E-state index contributed by atoms with van der Waals surface area (Å²) in [5.41, 5.74) is -1.77. The van der Waals surface area contributed by atoms with Gasteiger partial charge in [0.2, 0.25) is 5.91 Å². The molecule has 0 spiro atoms. The van der Waals surface area contributed by atoms with Crippen molar-refractivity contribution in [2.24, 2.45) is 5.41 Å². The predicted octanol–water partition coefficient (Wildman–Crippen LogP) is 3.50. The maximum Gasteiger partial charge on any atom is 0.241 e. The average molecular weight is 307 g/mol. The number of anilines is 1. The van der Waals surface area contributed by atoms with Gasteiger partial charge in [-0.1, -0.05) is 34.8 Å². The maximum absolute atomic E-state index is 12.2. The third-order valence-corrected chi connectivity index (χ3v) is 3.91. The number of carbonyl (C=O) groups excluding carboxylic acids is 2. The number of hydrogen-bond donors (Lipinski definition) is 0. The molecule has 6 heteroatoms. The number of nitrogens with zero attached hydrogens (tertiary/aromatic N) is 1. The summed E-state index contributed by atoms with van der Waals surface area (Å²) >= 11 is 17.8. The summed E-state index contributed by atoms with van der Waals surface area (Å²) in [5.74, 6) is -0.697. The van der Waals surface area contributed by atoms with Crippen LogP contribution in [0, 0.1) is 5.41 Å². The van der Waals surface area contributed by atoms with Crippen molar-refractivity contribution in [3.63, 3.8) is 0 Å². The molecule has 1 atom stereocenters. The summed E-state index contributed by atoms with van der Waals surface area (Å²) in [7, 11) is 0. The Hall–Kier alpha value is -0.770. The van der Waals surface area contributed by atoms with Crippen LogP contribution in [0.4, 0.5) is 5.69 Å². The number of alkyl halides is 1. The first-order valence-corrected chi connectivity index (χ1v) is 6.43. The van der Waals surface area contributed by atoms with Crippen molar-refractivity contribution < 1.29 is 9.59 Å². The molecular formula is C12H10Cl3NO2. The zero-order valence-corrected chi connectivity index (χ0v) is 12.0. The first kappa shape index (κ1) is 13.7. The Bertz CT molecular complexity index is 542. The summed E-state index contributed by atoms with van der Waals surface area (Å²) < 4.78 is 0. The second-order valence-electron chi connectivity index (χ2n) is 4.60. The molecule has 0 N–H and O–H groups in total. The van der Waals surface area contributed by atoms with E-state index in [0.717, 1.165) is 0 Å². The lowest BCUT2D eigenvalue weighted by atomic mass is 9.91. The Kier molecular flexibility index (Phi) is 3.34. The van der Waals surface area contributed by atoms with Crippen molar-refractivity contribution in [2.45, 2.75) is 19.3 Å². The van der Waals surface area contributed by atoms with Crippen LogP contribution >= 0.6 is 34.8 Å². The van der Waals surface area contributed by atoms with Crippen molar-refractivity contribution in [1.29, 1.82) is 0 Å². The molecule has 1 aromatic rings. The summed E-state index contributed by atoms with van der Waals surface area (Å²) in [5, 5.41) is 0.735. The van der Waals surface area contributed by atoms with Crippen LogP contribution in [0.25, 0.3) is 0 Å². The molecule has 0 aliphatic carbocycles. The van der Waals surface area contributed by atoms with Crippen molar-refractivity contribution in [2.75, 3.05) is 4.90 Å². The number of halogens is 3. The number of benzene rings is 1. The highest BCUT2D eigenvalue weighted by molar-refractivity contribution is 6.43. The van der Waals surface area contributed by atoms with Crippen LogP contribution in [-0.2, 0) is 9.59 Å². The Balaban J connectivity index is 2.52. The van der Waals surface area contributed by atoms with Crippen LogP contribution in [0.5, 0.6) is 0 Å². The smallest absolute Gasteiger partial charge is 0.241 e. The van der Waals surface area contributed by atoms with Gasteiger partial charge in [-0.25, -0.2) is 0 Å². The molecule has 0 aromatic heterocycles. The van der Waals surface area contributed by atoms with Crippen LogP contribution in [0.2, 0.25) is 10.0 Å². The zero-order valence-electron chi connectivity index (χ0n) is 9.71. The topological polar surface area (TPSA) is 37.4 Å². The second-order valence-corrected chi connectivity index (χ2v) is 5.85. The van der Waals surface area contributed by atoms with Gasteiger partial charge in [0.05, 0.1) is 10.7 Å². The van der Waals surface area contributed by atoms with Gasteiger partial charge >= 0.3 is 0 Å². The van der Waals surface area contributed by atoms with Crippen LogP contribution < -0.4 is 4.90 Å². The molecular weight excluding hydrogens is 296 g/mol. The largest absolute Gasteiger partial charge is 0.295 e. The molecule has 1 heterocycles. The van der Waals surface area contributed by atoms with E-state index >= 15 is 0 Å². The van der Waals surface area contributed by atoms with Crippen LogP contribution in [-0.4, -0.2) is 17.2 Å². The van der Waals surface area contributed by atoms with E-state index < -0.39 is 10.9 Å². The normalized spacial score (nSPS) is 22.7. The Labute approximate surface area is 120 Å². The number of carbonyl (C=O) groups is 2. The number of Topliss-reactive ketones (excluding diaryl/α,β-unsaturated/α-hetero) is 1. The van der Waals surface area contributed by atoms with Gasteiger partial charge in [0, 0.05) is 5.02 Å². The Morgan fingerprint density at radius 3 is 2.28 bits per heavy atom. The van der Waals surface area contributed by atoms with E-state index in [2.05, 4.69) is 0 Å². The van der Waals surface area contributed by atoms with Gasteiger partial charge in [0.25, 0.3) is 0 Å². The predicted molar refractivity (Wildman–Crippen MR) is 72.4 cm³/mol. The molecule has 18 heavy (non-hydrogen) atoms. The van der Waals surface area contributed by atoms with Crippen LogP contribution in [0.3, 0.4) is 0 Å². The highest BCUT2D eigenvalue weighted by Crippen LogP contribution is 2.40. The summed E-state index contributed by atoms with van der Waals surface area (Å²) in [6.45, 7) is 3.10. The average Bonchev–Trinajstić information content (AvgIpc) is 2.43. The molecule has 0 bridgehead atoms. The standard InChI is InChI=1S/C12H10Cl3NO2/c1-12(2)9(17)10(15)16(11(12)18)8-4-3-6(13)5-7(8)14/h3-5,10H,1-2H3. The maximum atomic E-state index is 12.2. The number of amides is 1. The van der Waals surface area contributed by atoms with Crippen molar-refractivity contribution in [3.8, 4) is 0 Å². The lowest BCUT2D eigenvalue weighted by molar-refractivity contribution is -0.132. The van der Waals surface area contributed by atoms with Gasteiger partial charge in [-0.3, -0.25) is 14.5 Å². The molecule has 2 rings (SSSR count). The molecule has 1 aromatic carbocycles. The van der Waals surface area contributed by atoms with Crippen molar-refractivity contribution in [3.05, 3.63) is 28.2 Å². The van der Waals surface area contributed by atoms with E-state index in [0.29, 0.717) is 10.7 Å². The van der Waals surface area contributed by atoms with Gasteiger partial charge < -0.3 is 0 Å². The molecule has 96 valence electrons. The van der Waals surface area contributed by atoms with Crippen LogP contribution in [0.15, 0.2) is 18.2 Å². The van der Waals surface area contributed by atoms with Gasteiger partial charge in [-0.05, 0) is 32.0 Å². The number of ketones is 1. The highest BCUT2D eigenvalue weighted by Gasteiger charge is 2.53.